The van der Waals surface area contributed by atoms with Gasteiger partial charge in [-0.15, -0.1) is 0 Å². The van der Waals surface area contributed by atoms with Crippen molar-refractivity contribution >= 4 is 15.9 Å². The average Bonchev–Trinajstić information content (AvgIpc) is 2.39. The monoisotopic (exact) mass is 319 g/mol. The minimum absolute atomic E-state index is 0.0315. The molecular weight excluding hydrogens is 309 g/mol. The van der Waals surface area contributed by atoms with Gasteiger partial charge in [0, 0.05) is 5.56 Å². The van der Waals surface area contributed by atoms with Crippen LogP contribution in [0.4, 0.5) is 4.39 Å². The number of rotatable bonds is 3. The fourth-order valence-corrected chi connectivity index (χ4v) is 2.26. The molecule has 0 atom stereocenters. The molecule has 2 aromatic rings. The van der Waals surface area contributed by atoms with E-state index in [4.69, 9.17) is 10.00 Å². The highest BCUT2D eigenvalue weighted by atomic mass is 79.9. The van der Waals surface area contributed by atoms with Crippen molar-refractivity contribution in [1.29, 1.82) is 5.26 Å². The molecular formula is C15H11BrFNO. The van der Waals surface area contributed by atoms with E-state index in [1.165, 1.54) is 6.07 Å². The summed E-state index contributed by atoms with van der Waals surface area (Å²) in [6, 6.07) is 12.2. The van der Waals surface area contributed by atoms with Crippen molar-refractivity contribution in [3.05, 3.63) is 63.4 Å². The Morgan fingerprint density at radius 1 is 1.32 bits per heavy atom. The zero-order chi connectivity index (χ0) is 13.8. The summed E-state index contributed by atoms with van der Waals surface area (Å²) in [5.41, 5.74) is 1.51. The van der Waals surface area contributed by atoms with Crippen molar-refractivity contribution in [2.45, 2.75) is 13.5 Å². The van der Waals surface area contributed by atoms with Gasteiger partial charge in [-0.1, -0.05) is 18.2 Å². The van der Waals surface area contributed by atoms with Crippen LogP contribution in [-0.4, -0.2) is 0 Å². The highest BCUT2D eigenvalue weighted by Crippen LogP contribution is 2.27. The van der Waals surface area contributed by atoms with E-state index in [-0.39, 0.29) is 12.2 Å². The van der Waals surface area contributed by atoms with Gasteiger partial charge in [-0.05, 0) is 46.6 Å². The third-order valence-electron chi connectivity index (χ3n) is 2.67. The number of aryl methyl sites for hydroxylation is 1. The van der Waals surface area contributed by atoms with Gasteiger partial charge in [0.25, 0.3) is 0 Å². The lowest BCUT2D eigenvalue weighted by atomic mass is 10.1. The van der Waals surface area contributed by atoms with Gasteiger partial charge in [-0.2, -0.15) is 5.26 Å². The van der Waals surface area contributed by atoms with Crippen LogP contribution in [0.2, 0.25) is 0 Å². The molecule has 0 amide bonds. The summed E-state index contributed by atoms with van der Waals surface area (Å²) in [6.07, 6.45) is 0. The molecule has 0 fully saturated rings. The zero-order valence-electron chi connectivity index (χ0n) is 10.3. The number of ether oxygens (including phenoxy) is 1. The third-order valence-corrected chi connectivity index (χ3v) is 3.29. The van der Waals surface area contributed by atoms with E-state index in [1.54, 1.807) is 12.1 Å². The molecule has 0 aliphatic heterocycles. The van der Waals surface area contributed by atoms with Crippen LogP contribution in [0.5, 0.6) is 5.75 Å². The second-order valence-electron chi connectivity index (χ2n) is 4.11. The van der Waals surface area contributed by atoms with Crippen LogP contribution in [0.15, 0.2) is 40.9 Å². The Morgan fingerprint density at radius 2 is 2.11 bits per heavy atom. The lowest BCUT2D eigenvalue weighted by Gasteiger charge is -2.10. The molecule has 0 aliphatic rings. The van der Waals surface area contributed by atoms with Crippen LogP contribution < -0.4 is 4.74 Å². The molecule has 2 rings (SSSR count). The van der Waals surface area contributed by atoms with Crippen molar-refractivity contribution in [3.63, 3.8) is 0 Å². The number of hydrogen-bond acceptors (Lipinski definition) is 2. The van der Waals surface area contributed by atoms with E-state index < -0.39 is 5.82 Å². The molecule has 0 aliphatic carbocycles. The number of nitriles is 1. The maximum absolute atomic E-state index is 13.8. The lowest BCUT2D eigenvalue weighted by Crippen LogP contribution is -2.00. The Bertz CT molecular complexity index is 649. The summed E-state index contributed by atoms with van der Waals surface area (Å²) < 4.78 is 20.2. The van der Waals surface area contributed by atoms with Crippen LogP contribution in [0.25, 0.3) is 0 Å². The molecule has 0 N–H and O–H groups in total. The largest absolute Gasteiger partial charge is 0.488 e. The minimum Gasteiger partial charge on any atom is -0.488 e. The predicted molar refractivity (Wildman–Crippen MR) is 74.3 cm³/mol. The van der Waals surface area contributed by atoms with Crippen molar-refractivity contribution < 1.29 is 9.13 Å². The van der Waals surface area contributed by atoms with E-state index >= 15 is 0 Å². The number of benzene rings is 2. The van der Waals surface area contributed by atoms with Gasteiger partial charge in [0.2, 0.25) is 0 Å². The fourth-order valence-electron chi connectivity index (χ4n) is 1.66. The molecule has 2 nitrogen and oxygen atoms in total. The van der Waals surface area contributed by atoms with Crippen LogP contribution in [0, 0.1) is 24.1 Å². The molecule has 0 heterocycles. The topological polar surface area (TPSA) is 33.0 Å². The van der Waals surface area contributed by atoms with Crippen molar-refractivity contribution in [3.8, 4) is 11.8 Å². The number of hydrogen-bond donors (Lipinski definition) is 0. The minimum atomic E-state index is -0.520. The van der Waals surface area contributed by atoms with Crippen molar-refractivity contribution in [2.75, 3.05) is 0 Å². The molecule has 2 aromatic carbocycles. The highest BCUT2D eigenvalue weighted by Gasteiger charge is 2.09. The van der Waals surface area contributed by atoms with Crippen molar-refractivity contribution in [2.24, 2.45) is 0 Å². The maximum Gasteiger partial charge on any atom is 0.147 e. The summed E-state index contributed by atoms with van der Waals surface area (Å²) in [4.78, 5) is 0. The van der Waals surface area contributed by atoms with Crippen LogP contribution >= 0.6 is 15.9 Å². The third kappa shape index (κ3) is 3.12. The first-order valence-corrected chi connectivity index (χ1v) is 6.47. The smallest absolute Gasteiger partial charge is 0.147 e. The molecule has 0 bridgehead atoms. The second kappa shape index (κ2) is 5.85. The molecule has 0 radical (unpaired) electrons. The van der Waals surface area contributed by atoms with Gasteiger partial charge in [-0.25, -0.2) is 4.39 Å². The molecule has 0 saturated heterocycles. The Balaban J connectivity index is 2.17. The molecule has 0 saturated carbocycles. The maximum atomic E-state index is 13.8. The second-order valence-corrected chi connectivity index (χ2v) is 4.97. The van der Waals surface area contributed by atoms with E-state index in [1.807, 2.05) is 31.2 Å². The summed E-state index contributed by atoms with van der Waals surface area (Å²) in [7, 11) is 0. The Morgan fingerprint density at radius 3 is 2.79 bits per heavy atom. The normalized spacial score (nSPS) is 10.0. The Kier molecular flexibility index (Phi) is 4.18. The molecule has 0 unspecified atom stereocenters. The first-order valence-electron chi connectivity index (χ1n) is 5.68. The lowest BCUT2D eigenvalue weighted by molar-refractivity contribution is 0.298. The summed E-state index contributed by atoms with van der Waals surface area (Å²) in [6.45, 7) is 2.06. The highest BCUT2D eigenvalue weighted by molar-refractivity contribution is 9.10. The van der Waals surface area contributed by atoms with Gasteiger partial charge < -0.3 is 4.74 Å². The van der Waals surface area contributed by atoms with Crippen LogP contribution in [-0.2, 0) is 6.61 Å². The Labute approximate surface area is 119 Å². The van der Waals surface area contributed by atoms with Gasteiger partial charge in [0.1, 0.15) is 24.2 Å². The summed E-state index contributed by atoms with van der Waals surface area (Å²) in [5, 5.41) is 8.76. The SMILES string of the molecule is Cc1ccc(OCc2cccc(C#N)c2F)c(Br)c1. The summed E-state index contributed by atoms with van der Waals surface area (Å²) >= 11 is 3.40. The van der Waals surface area contributed by atoms with E-state index in [0.717, 1.165) is 10.0 Å². The molecule has 19 heavy (non-hydrogen) atoms. The van der Waals surface area contributed by atoms with Gasteiger partial charge in [0.15, 0.2) is 0 Å². The Hall–Kier alpha value is -1.86. The average molecular weight is 320 g/mol. The first kappa shape index (κ1) is 13.6. The van der Waals surface area contributed by atoms with E-state index in [2.05, 4.69) is 15.9 Å². The van der Waals surface area contributed by atoms with E-state index in [0.29, 0.717) is 11.3 Å². The molecule has 0 spiro atoms. The van der Waals surface area contributed by atoms with Gasteiger partial charge in [-0.3, -0.25) is 0 Å². The molecule has 0 aromatic heterocycles. The fraction of sp³-hybridized carbons (Fsp3) is 0.133. The summed E-state index contributed by atoms with van der Waals surface area (Å²) in [5.74, 6) is 0.126. The van der Waals surface area contributed by atoms with E-state index in [9.17, 15) is 4.39 Å². The first-order chi connectivity index (χ1) is 9.11. The predicted octanol–water partition coefficient (Wildman–Crippen LogP) is 4.35. The zero-order valence-corrected chi connectivity index (χ0v) is 11.9. The van der Waals surface area contributed by atoms with Gasteiger partial charge >= 0.3 is 0 Å². The number of nitrogens with zero attached hydrogens (tertiary/aromatic N) is 1. The molecule has 4 heteroatoms. The van der Waals surface area contributed by atoms with Crippen molar-refractivity contribution in [1.82, 2.24) is 0 Å². The number of halogens is 2. The quantitative estimate of drug-likeness (QED) is 0.842. The molecule has 96 valence electrons. The van der Waals surface area contributed by atoms with Gasteiger partial charge in [0.05, 0.1) is 10.0 Å². The standard InChI is InChI=1S/C15H11BrFNO/c1-10-5-6-14(13(16)7-10)19-9-12-4-2-3-11(8-18)15(12)17/h2-7H,9H2,1H3. The van der Waals surface area contributed by atoms with Crippen LogP contribution in [0.1, 0.15) is 16.7 Å². The van der Waals surface area contributed by atoms with Crippen LogP contribution in [0.3, 0.4) is 0 Å².